The molecule has 0 aromatic rings. The summed E-state index contributed by atoms with van der Waals surface area (Å²) in [5.41, 5.74) is -1.02. The third-order valence-corrected chi connectivity index (χ3v) is 3.04. The van der Waals surface area contributed by atoms with Gasteiger partial charge in [0.25, 0.3) is 0 Å². The van der Waals surface area contributed by atoms with Crippen molar-refractivity contribution in [3.63, 3.8) is 0 Å². The van der Waals surface area contributed by atoms with Gasteiger partial charge in [0.15, 0.2) is 5.60 Å². The fourth-order valence-corrected chi connectivity index (χ4v) is 1.65. The van der Waals surface area contributed by atoms with Gasteiger partial charge in [0, 0.05) is 0 Å². The largest absolute Gasteiger partial charge is 0.479 e. The predicted molar refractivity (Wildman–Crippen MR) is 65.5 cm³/mol. The fourth-order valence-electron chi connectivity index (χ4n) is 1.65. The van der Waals surface area contributed by atoms with Crippen LogP contribution in [0.5, 0.6) is 0 Å². The zero-order chi connectivity index (χ0) is 12.6. The van der Waals surface area contributed by atoms with E-state index in [0.717, 1.165) is 6.42 Å². The minimum absolute atomic E-state index is 0.361. The summed E-state index contributed by atoms with van der Waals surface area (Å²) in [7, 11) is 0. The molecule has 0 fully saturated rings. The Morgan fingerprint density at radius 3 is 2.56 bits per heavy atom. The molecule has 94 valence electrons. The smallest absolute Gasteiger partial charge is 0.335 e. The summed E-state index contributed by atoms with van der Waals surface area (Å²) in [6, 6.07) is 0. The fraction of sp³-hybridized carbons (Fsp3) is 0.769. The zero-order valence-corrected chi connectivity index (χ0v) is 10.7. The number of hydrogen-bond donors (Lipinski definition) is 1. The number of rotatable bonds is 9. The highest BCUT2D eigenvalue weighted by atomic mass is 16.5. The summed E-state index contributed by atoms with van der Waals surface area (Å²) in [5, 5.41) is 9.32. The maximum absolute atomic E-state index is 11.3. The normalized spacial score (nSPS) is 16.4. The highest BCUT2D eigenvalue weighted by Crippen LogP contribution is 2.27. The SMILES string of the molecule is C=CCCOC(CC)(CC(C)CC)C(=O)O. The summed E-state index contributed by atoms with van der Waals surface area (Å²) < 4.78 is 5.58. The minimum Gasteiger partial charge on any atom is -0.479 e. The number of carbonyl (C=O) groups is 1. The van der Waals surface area contributed by atoms with Crippen molar-refractivity contribution in [3.05, 3.63) is 12.7 Å². The van der Waals surface area contributed by atoms with E-state index in [1.54, 1.807) is 6.08 Å². The van der Waals surface area contributed by atoms with Crippen molar-refractivity contribution in [3.8, 4) is 0 Å². The summed E-state index contributed by atoms with van der Waals surface area (Å²) in [6.45, 7) is 10.0. The molecule has 2 unspecified atom stereocenters. The van der Waals surface area contributed by atoms with Crippen LogP contribution in [0.4, 0.5) is 0 Å². The standard InChI is InChI=1S/C13H24O3/c1-5-8-9-16-13(7-3,12(14)15)10-11(4)6-2/h5,11H,1,6-10H2,2-4H3,(H,14,15). The van der Waals surface area contributed by atoms with Gasteiger partial charge >= 0.3 is 5.97 Å². The van der Waals surface area contributed by atoms with E-state index < -0.39 is 11.6 Å². The molecule has 0 aliphatic heterocycles. The lowest BCUT2D eigenvalue weighted by molar-refractivity contribution is -0.169. The number of aliphatic carboxylic acids is 1. The third-order valence-electron chi connectivity index (χ3n) is 3.04. The molecule has 0 amide bonds. The molecule has 0 saturated carbocycles. The molecule has 0 rings (SSSR count). The molecule has 0 saturated heterocycles. The molecule has 1 N–H and O–H groups in total. The van der Waals surface area contributed by atoms with Crippen molar-refractivity contribution in [2.75, 3.05) is 6.61 Å². The van der Waals surface area contributed by atoms with Gasteiger partial charge in [-0.1, -0.05) is 33.3 Å². The lowest BCUT2D eigenvalue weighted by Crippen LogP contribution is -2.42. The predicted octanol–water partition coefficient (Wildman–Crippen LogP) is 3.25. The van der Waals surface area contributed by atoms with Gasteiger partial charge < -0.3 is 9.84 Å². The van der Waals surface area contributed by atoms with Crippen molar-refractivity contribution in [1.82, 2.24) is 0 Å². The van der Waals surface area contributed by atoms with Crippen molar-refractivity contribution < 1.29 is 14.6 Å². The van der Waals surface area contributed by atoms with Crippen molar-refractivity contribution in [2.24, 2.45) is 5.92 Å². The summed E-state index contributed by atoms with van der Waals surface area (Å²) in [6.07, 6.45) is 4.48. The Morgan fingerprint density at radius 2 is 2.19 bits per heavy atom. The molecular weight excluding hydrogens is 204 g/mol. The Labute approximate surface area is 98.5 Å². The van der Waals surface area contributed by atoms with E-state index in [1.165, 1.54) is 0 Å². The molecule has 0 spiro atoms. The van der Waals surface area contributed by atoms with Gasteiger partial charge in [-0.05, 0) is 25.2 Å². The summed E-state index contributed by atoms with van der Waals surface area (Å²) in [5.74, 6) is -0.487. The Kier molecular flexibility index (Phi) is 7.06. The summed E-state index contributed by atoms with van der Waals surface area (Å²) in [4.78, 5) is 11.3. The van der Waals surface area contributed by atoms with Crippen LogP contribution in [0, 0.1) is 5.92 Å². The van der Waals surface area contributed by atoms with Gasteiger partial charge in [0.1, 0.15) is 0 Å². The average Bonchev–Trinajstić information content (AvgIpc) is 2.27. The van der Waals surface area contributed by atoms with E-state index in [0.29, 0.717) is 31.8 Å². The lowest BCUT2D eigenvalue weighted by Gasteiger charge is -2.30. The van der Waals surface area contributed by atoms with Crippen molar-refractivity contribution >= 4 is 5.97 Å². The van der Waals surface area contributed by atoms with Gasteiger partial charge in [-0.25, -0.2) is 4.79 Å². The van der Waals surface area contributed by atoms with Gasteiger partial charge in [-0.3, -0.25) is 0 Å². The first-order valence-corrected chi connectivity index (χ1v) is 6.00. The molecular formula is C13H24O3. The second-order valence-electron chi connectivity index (χ2n) is 4.30. The van der Waals surface area contributed by atoms with Crippen LogP contribution in [0.1, 0.15) is 46.5 Å². The molecule has 0 bridgehead atoms. The monoisotopic (exact) mass is 228 g/mol. The Morgan fingerprint density at radius 1 is 1.56 bits per heavy atom. The van der Waals surface area contributed by atoms with Crippen LogP contribution < -0.4 is 0 Å². The van der Waals surface area contributed by atoms with Crippen LogP contribution in [0.15, 0.2) is 12.7 Å². The maximum atomic E-state index is 11.3. The molecule has 3 heteroatoms. The quantitative estimate of drug-likeness (QED) is 0.487. The highest BCUT2D eigenvalue weighted by molar-refractivity contribution is 5.77. The third kappa shape index (κ3) is 4.35. The Hall–Kier alpha value is -0.830. The maximum Gasteiger partial charge on any atom is 0.335 e. The molecule has 0 aliphatic carbocycles. The van der Waals surface area contributed by atoms with E-state index in [2.05, 4.69) is 20.4 Å². The van der Waals surface area contributed by atoms with E-state index in [9.17, 15) is 9.90 Å². The van der Waals surface area contributed by atoms with Crippen LogP contribution in [-0.4, -0.2) is 23.3 Å². The van der Waals surface area contributed by atoms with Gasteiger partial charge in [0.2, 0.25) is 0 Å². The molecule has 16 heavy (non-hydrogen) atoms. The van der Waals surface area contributed by atoms with E-state index in [1.807, 2.05) is 6.92 Å². The van der Waals surface area contributed by atoms with Crippen LogP contribution >= 0.6 is 0 Å². The van der Waals surface area contributed by atoms with Gasteiger partial charge in [-0.2, -0.15) is 0 Å². The lowest BCUT2D eigenvalue weighted by atomic mass is 9.87. The van der Waals surface area contributed by atoms with E-state index in [-0.39, 0.29) is 0 Å². The molecule has 3 nitrogen and oxygen atoms in total. The average molecular weight is 228 g/mol. The molecule has 0 aromatic carbocycles. The van der Waals surface area contributed by atoms with E-state index >= 15 is 0 Å². The molecule has 0 radical (unpaired) electrons. The summed E-state index contributed by atoms with van der Waals surface area (Å²) >= 11 is 0. The minimum atomic E-state index is -1.02. The van der Waals surface area contributed by atoms with Gasteiger partial charge in [0.05, 0.1) is 6.61 Å². The second-order valence-corrected chi connectivity index (χ2v) is 4.30. The molecule has 2 atom stereocenters. The number of carboxylic acids is 1. The number of carboxylic acid groups (broad SMARTS) is 1. The van der Waals surface area contributed by atoms with Crippen LogP contribution in [0.25, 0.3) is 0 Å². The first-order chi connectivity index (χ1) is 7.52. The molecule has 0 heterocycles. The second kappa shape index (κ2) is 7.44. The Balaban J connectivity index is 4.57. The molecule has 0 aliphatic rings. The van der Waals surface area contributed by atoms with Crippen molar-refractivity contribution in [2.45, 2.75) is 52.1 Å². The zero-order valence-electron chi connectivity index (χ0n) is 10.7. The molecule has 0 aromatic heterocycles. The topological polar surface area (TPSA) is 46.5 Å². The first kappa shape index (κ1) is 15.2. The van der Waals surface area contributed by atoms with Crippen LogP contribution in [-0.2, 0) is 9.53 Å². The highest BCUT2D eigenvalue weighted by Gasteiger charge is 2.38. The van der Waals surface area contributed by atoms with Crippen LogP contribution in [0.3, 0.4) is 0 Å². The first-order valence-electron chi connectivity index (χ1n) is 6.00. The number of hydrogen-bond acceptors (Lipinski definition) is 2. The van der Waals surface area contributed by atoms with Crippen LogP contribution in [0.2, 0.25) is 0 Å². The van der Waals surface area contributed by atoms with Crippen molar-refractivity contribution in [1.29, 1.82) is 0 Å². The van der Waals surface area contributed by atoms with Gasteiger partial charge in [-0.15, -0.1) is 6.58 Å². The number of ether oxygens (including phenoxy) is 1. The van der Waals surface area contributed by atoms with E-state index in [4.69, 9.17) is 4.74 Å². The Bertz CT molecular complexity index is 225.